The van der Waals surface area contributed by atoms with Crippen LogP contribution in [0, 0.1) is 0 Å². The Morgan fingerprint density at radius 1 is 0.439 bits per heavy atom. The molecule has 0 bridgehead atoms. The largest absolute Gasteiger partial charge is 0.483 e. The molecule has 10 heteroatoms. The van der Waals surface area contributed by atoms with Gasteiger partial charge in [-0.3, -0.25) is 19.2 Å². The molecule has 0 aromatic heterocycles. The van der Waals surface area contributed by atoms with Gasteiger partial charge in [0.25, 0.3) is 12.9 Å². The fourth-order valence-corrected chi connectivity index (χ4v) is 9.79. The number of rotatable bonds is 4. The lowest BCUT2D eigenvalue weighted by atomic mass is 9.88. The maximum absolute atomic E-state index is 12.5. The predicted molar refractivity (Wildman–Crippen MR) is 263 cm³/mol. The molecular formula is C56H44N4O6. The second-order valence-corrected chi connectivity index (χ2v) is 16.2. The third-order valence-electron chi connectivity index (χ3n) is 12.5. The normalized spacial score (nSPS) is 15.5. The molecule has 0 spiro atoms. The Morgan fingerprint density at radius 3 is 1.08 bits per heavy atom. The van der Waals surface area contributed by atoms with Crippen molar-refractivity contribution in [1.82, 2.24) is 10.0 Å². The van der Waals surface area contributed by atoms with E-state index in [1.165, 1.54) is 64.6 Å². The highest BCUT2D eigenvalue weighted by Gasteiger charge is 2.34. The first-order valence-electron chi connectivity index (χ1n) is 21.6. The van der Waals surface area contributed by atoms with Crippen LogP contribution in [0.4, 0.5) is 0 Å². The Kier molecular flexibility index (Phi) is 11.9. The number of carbonyl (C=O) groups excluding carboxylic acids is 2. The molecule has 10 nitrogen and oxygen atoms in total. The topological polar surface area (TPSA) is 140 Å². The van der Waals surface area contributed by atoms with Crippen LogP contribution in [-0.4, -0.2) is 56.4 Å². The molecule has 10 aromatic rings. The predicted octanol–water partition coefficient (Wildman–Crippen LogP) is 12.0. The fourth-order valence-electron chi connectivity index (χ4n) is 9.79. The van der Waals surface area contributed by atoms with Gasteiger partial charge in [0.05, 0.1) is 23.5 Å². The summed E-state index contributed by atoms with van der Waals surface area (Å²) in [5, 5.41) is 41.6. The minimum atomic E-state index is -0.250. The average Bonchev–Trinajstić information content (AvgIpc) is 4.01. The van der Waals surface area contributed by atoms with Crippen LogP contribution in [0.3, 0.4) is 0 Å². The minimum absolute atomic E-state index is 0.0309. The summed E-state index contributed by atoms with van der Waals surface area (Å²) < 4.78 is 0. The van der Waals surface area contributed by atoms with Crippen molar-refractivity contribution in [2.45, 2.75) is 38.8 Å². The maximum Gasteiger partial charge on any atom is 0.290 e. The standard InChI is InChI=1S/2C27H20N2O.2CH2O2/c2*1-17(30)29-25(16-24(28-29)18-6-3-2-4-7-18)22-14-12-21-11-10-19-8-5-9-20-13-15-23(22)27(21)26(19)20;2*2-1-3/h2*2-15,25H,16H2,1H3;2*1H,(H,2,3)/t2*25-;;/m10../s1. The summed E-state index contributed by atoms with van der Waals surface area (Å²) in [6.07, 6.45) is 1.43. The summed E-state index contributed by atoms with van der Waals surface area (Å²) in [7, 11) is 0. The van der Waals surface area contributed by atoms with E-state index in [9.17, 15) is 9.59 Å². The summed E-state index contributed by atoms with van der Waals surface area (Å²) in [4.78, 5) is 41.7. The third-order valence-corrected chi connectivity index (χ3v) is 12.5. The van der Waals surface area contributed by atoms with Crippen molar-refractivity contribution in [3.05, 3.63) is 192 Å². The van der Waals surface area contributed by atoms with Crippen molar-refractivity contribution in [2.75, 3.05) is 0 Å². The van der Waals surface area contributed by atoms with Gasteiger partial charge in [-0.1, -0.05) is 170 Å². The van der Waals surface area contributed by atoms with E-state index in [0.29, 0.717) is 12.8 Å². The highest BCUT2D eigenvalue weighted by Crippen LogP contribution is 2.43. The van der Waals surface area contributed by atoms with Gasteiger partial charge in [-0.05, 0) is 86.9 Å². The van der Waals surface area contributed by atoms with Gasteiger partial charge in [0.2, 0.25) is 11.8 Å². The zero-order chi connectivity index (χ0) is 45.9. The molecule has 0 radical (unpaired) electrons. The summed E-state index contributed by atoms with van der Waals surface area (Å²) in [6.45, 7) is 2.70. The second kappa shape index (κ2) is 18.3. The van der Waals surface area contributed by atoms with Crippen LogP contribution in [-0.2, 0) is 19.2 Å². The van der Waals surface area contributed by atoms with E-state index in [-0.39, 0.29) is 36.8 Å². The number of hydrogen-bond donors (Lipinski definition) is 2. The lowest BCUT2D eigenvalue weighted by Gasteiger charge is -2.23. The molecule has 0 saturated carbocycles. The smallest absolute Gasteiger partial charge is 0.290 e. The van der Waals surface area contributed by atoms with E-state index >= 15 is 0 Å². The summed E-state index contributed by atoms with van der Waals surface area (Å²) >= 11 is 0. The molecule has 2 heterocycles. The van der Waals surface area contributed by atoms with Crippen LogP contribution in [0.5, 0.6) is 0 Å². The summed E-state index contributed by atoms with van der Waals surface area (Å²) in [6, 6.07) is 59.3. The number of carbonyl (C=O) groups is 4. The first-order valence-corrected chi connectivity index (χ1v) is 21.6. The Hall–Kier alpha value is -8.50. The van der Waals surface area contributed by atoms with E-state index in [1.807, 2.05) is 36.4 Å². The molecule has 0 unspecified atom stereocenters. The molecule has 2 amide bonds. The number of amides is 2. The Bertz CT molecular complexity index is 3220. The van der Waals surface area contributed by atoms with Gasteiger partial charge in [0.1, 0.15) is 0 Å². The highest BCUT2D eigenvalue weighted by atomic mass is 16.3. The van der Waals surface area contributed by atoms with Crippen molar-refractivity contribution >= 4 is 101 Å². The van der Waals surface area contributed by atoms with E-state index in [1.54, 1.807) is 23.9 Å². The quantitative estimate of drug-likeness (QED) is 0.133. The molecule has 0 fully saturated rings. The molecule has 324 valence electrons. The number of nitrogens with zero attached hydrogens (tertiary/aromatic N) is 4. The van der Waals surface area contributed by atoms with Crippen LogP contribution in [0.25, 0.3) is 64.6 Å². The summed E-state index contributed by atoms with van der Waals surface area (Å²) in [5.74, 6) is -0.0618. The molecule has 12 rings (SSSR count). The van der Waals surface area contributed by atoms with Gasteiger partial charge < -0.3 is 10.2 Å². The lowest BCUT2D eigenvalue weighted by molar-refractivity contribution is -0.131. The van der Waals surface area contributed by atoms with Gasteiger partial charge >= 0.3 is 0 Å². The molecule has 2 aliphatic heterocycles. The first kappa shape index (κ1) is 42.8. The van der Waals surface area contributed by atoms with Crippen molar-refractivity contribution in [3.8, 4) is 0 Å². The Balaban J connectivity index is 0.000000149. The minimum Gasteiger partial charge on any atom is -0.483 e. The molecule has 2 N–H and O–H groups in total. The van der Waals surface area contributed by atoms with Crippen molar-refractivity contribution in [1.29, 1.82) is 0 Å². The van der Waals surface area contributed by atoms with Crippen molar-refractivity contribution < 1.29 is 29.4 Å². The van der Waals surface area contributed by atoms with Gasteiger partial charge in [0, 0.05) is 26.7 Å². The number of hydrazone groups is 2. The summed E-state index contributed by atoms with van der Waals surface area (Å²) in [5.41, 5.74) is 6.38. The molecule has 0 saturated heterocycles. The Labute approximate surface area is 380 Å². The van der Waals surface area contributed by atoms with Crippen molar-refractivity contribution in [2.24, 2.45) is 10.2 Å². The van der Waals surface area contributed by atoms with Crippen LogP contribution in [0.2, 0.25) is 0 Å². The molecule has 2 atom stereocenters. The van der Waals surface area contributed by atoms with Crippen LogP contribution >= 0.6 is 0 Å². The van der Waals surface area contributed by atoms with E-state index in [4.69, 9.17) is 30.0 Å². The highest BCUT2D eigenvalue weighted by molar-refractivity contribution is 6.25. The number of hydrogen-bond acceptors (Lipinski definition) is 6. The fraction of sp³-hybridized carbons (Fsp3) is 0.107. The second-order valence-electron chi connectivity index (χ2n) is 16.2. The van der Waals surface area contributed by atoms with E-state index in [0.717, 1.165) is 33.7 Å². The average molecular weight is 869 g/mol. The van der Waals surface area contributed by atoms with Crippen LogP contribution in [0.15, 0.2) is 180 Å². The van der Waals surface area contributed by atoms with Gasteiger partial charge in [-0.15, -0.1) is 0 Å². The first-order chi connectivity index (χ1) is 32.2. The Morgan fingerprint density at radius 2 is 0.742 bits per heavy atom. The number of carboxylic acid groups (broad SMARTS) is 2. The monoisotopic (exact) mass is 868 g/mol. The van der Waals surface area contributed by atoms with Gasteiger partial charge in [0.15, 0.2) is 0 Å². The van der Waals surface area contributed by atoms with Gasteiger partial charge in [-0.2, -0.15) is 10.2 Å². The maximum atomic E-state index is 12.5. The zero-order valence-corrected chi connectivity index (χ0v) is 36.2. The van der Waals surface area contributed by atoms with Crippen LogP contribution in [0.1, 0.15) is 61.0 Å². The molecule has 0 aliphatic carbocycles. The zero-order valence-electron chi connectivity index (χ0n) is 36.2. The van der Waals surface area contributed by atoms with Crippen LogP contribution < -0.4 is 0 Å². The third kappa shape index (κ3) is 7.79. The lowest BCUT2D eigenvalue weighted by Crippen LogP contribution is -2.24. The molecular weight excluding hydrogens is 825 g/mol. The number of benzene rings is 10. The molecule has 10 aromatic carbocycles. The van der Waals surface area contributed by atoms with E-state index < -0.39 is 0 Å². The van der Waals surface area contributed by atoms with Gasteiger partial charge in [-0.25, -0.2) is 10.0 Å². The molecule has 66 heavy (non-hydrogen) atoms. The van der Waals surface area contributed by atoms with E-state index in [2.05, 4.69) is 133 Å². The SMILES string of the molecule is CC(=O)N1N=C(c2ccccc2)C[C@@H]1c1ccc2ccc3cccc4ccc1c2c34.CC(=O)N1N=C(c2ccccc2)C[C@H]1c1ccc2ccc3cccc4ccc1c2c34.O=CO.O=CO. The van der Waals surface area contributed by atoms with Crippen molar-refractivity contribution in [3.63, 3.8) is 0 Å². The molecule has 2 aliphatic rings.